The molecule has 0 amide bonds. The lowest BCUT2D eigenvalue weighted by Crippen LogP contribution is -2.13. The van der Waals surface area contributed by atoms with E-state index < -0.39 is 9.84 Å². The van der Waals surface area contributed by atoms with Crippen LogP contribution in [0.5, 0.6) is 5.75 Å². The molecule has 1 aromatic heterocycles. The predicted molar refractivity (Wildman–Crippen MR) is 82.6 cm³/mol. The molecule has 0 saturated heterocycles. The fraction of sp³-hybridized carbons (Fsp3) is 0.500. The van der Waals surface area contributed by atoms with Gasteiger partial charge in [0.15, 0.2) is 5.82 Å². The number of hydrogen-bond acceptors (Lipinski definition) is 6. The Morgan fingerprint density at radius 2 is 1.95 bits per heavy atom. The molecule has 0 aliphatic heterocycles. The van der Waals surface area contributed by atoms with Gasteiger partial charge in [0.25, 0.3) is 0 Å². The molecular formula is C14H20N4O3S. The van der Waals surface area contributed by atoms with E-state index in [0.717, 1.165) is 17.7 Å². The number of aromatic nitrogens is 4. The third kappa shape index (κ3) is 4.80. The Balaban J connectivity index is 1.97. The van der Waals surface area contributed by atoms with Crippen LogP contribution in [0.25, 0.3) is 0 Å². The van der Waals surface area contributed by atoms with E-state index in [1.165, 1.54) is 11.1 Å². The Bertz CT molecular complexity index is 710. The van der Waals surface area contributed by atoms with Gasteiger partial charge >= 0.3 is 0 Å². The molecule has 0 radical (unpaired) electrons. The maximum Gasteiger partial charge on any atom is 0.177 e. The highest BCUT2D eigenvalue weighted by Gasteiger charge is 2.14. The van der Waals surface area contributed by atoms with Crippen LogP contribution in [-0.2, 0) is 22.8 Å². The molecule has 0 unspecified atom stereocenters. The van der Waals surface area contributed by atoms with Crippen molar-refractivity contribution in [1.82, 2.24) is 20.2 Å². The SMILES string of the molecule is COc1ccc(C[C@H](C)c2nnn(CCS(C)(=O)=O)n2)cc1. The van der Waals surface area contributed by atoms with Gasteiger partial charge in [0.1, 0.15) is 15.6 Å². The minimum absolute atomic E-state index is 0.00958. The number of rotatable bonds is 7. The Morgan fingerprint density at radius 1 is 1.27 bits per heavy atom. The van der Waals surface area contributed by atoms with Gasteiger partial charge in [0, 0.05) is 12.2 Å². The standard InChI is InChI=1S/C14H20N4O3S/c1-11(10-12-4-6-13(21-2)7-5-12)14-15-17-18(16-14)8-9-22(3,19)20/h4-7,11H,8-10H2,1-3H3/t11-/m0/s1. The van der Waals surface area contributed by atoms with Crippen molar-refractivity contribution in [2.75, 3.05) is 19.1 Å². The third-order valence-electron chi connectivity index (χ3n) is 3.27. The van der Waals surface area contributed by atoms with Crippen molar-refractivity contribution in [2.24, 2.45) is 0 Å². The monoisotopic (exact) mass is 324 g/mol. The summed E-state index contributed by atoms with van der Waals surface area (Å²) < 4.78 is 27.4. The van der Waals surface area contributed by atoms with E-state index in [9.17, 15) is 8.42 Å². The van der Waals surface area contributed by atoms with Gasteiger partial charge in [-0.25, -0.2) is 8.42 Å². The first-order valence-corrected chi connectivity index (χ1v) is 9.02. The minimum atomic E-state index is -3.03. The van der Waals surface area contributed by atoms with Crippen LogP contribution in [0.3, 0.4) is 0 Å². The zero-order valence-corrected chi connectivity index (χ0v) is 13.7. The highest BCUT2D eigenvalue weighted by Crippen LogP contribution is 2.18. The number of nitrogens with zero attached hydrogens (tertiary/aromatic N) is 4. The smallest absolute Gasteiger partial charge is 0.177 e. The Hall–Kier alpha value is -1.96. The average Bonchev–Trinajstić information content (AvgIpc) is 2.94. The molecule has 0 aliphatic carbocycles. The summed E-state index contributed by atoms with van der Waals surface area (Å²) in [5.41, 5.74) is 1.15. The molecule has 0 saturated carbocycles. The van der Waals surface area contributed by atoms with Crippen LogP contribution in [0.15, 0.2) is 24.3 Å². The maximum absolute atomic E-state index is 11.1. The Kier molecular flexibility index (Phi) is 5.12. The van der Waals surface area contributed by atoms with Crippen LogP contribution in [-0.4, -0.2) is 47.7 Å². The first-order chi connectivity index (χ1) is 10.4. The van der Waals surface area contributed by atoms with Crippen LogP contribution in [0.2, 0.25) is 0 Å². The first-order valence-electron chi connectivity index (χ1n) is 6.96. The molecule has 7 nitrogen and oxygen atoms in total. The second-order valence-electron chi connectivity index (χ2n) is 5.33. The van der Waals surface area contributed by atoms with Crippen LogP contribution in [0.1, 0.15) is 24.2 Å². The molecule has 2 rings (SSSR count). The van der Waals surface area contributed by atoms with Gasteiger partial charge in [-0.15, -0.1) is 10.2 Å². The van der Waals surface area contributed by atoms with Gasteiger partial charge in [-0.05, 0) is 29.3 Å². The zero-order chi connectivity index (χ0) is 16.2. The molecule has 1 aromatic carbocycles. The number of aryl methyl sites for hydroxylation is 1. The van der Waals surface area contributed by atoms with Crippen molar-refractivity contribution in [3.63, 3.8) is 0 Å². The highest BCUT2D eigenvalue weighted by atomic mass is 32.2. The van der Waals surface area contributed by atoms with E-state index in [1.54, 1.807) is 7.11 Å². The second kappa shape index (κ2) is 6.87. The molecule has 1 heterocycles. The molecule has 22 heavy (non-hydrogen) atoms. The van der Waals surface area contributed by atoms with Gasteiger partial charge in [-0.2, -0.15) is 4.80 Å². The summed E-state index contributed by atoms with van der Waals surface area (Å²) in [6.07, 6.45) is 1.97. The maximum atomic E-state index is 11.1. The number of methoxy groups -OCH3 is 1. The van der Waals surface area contributed by atoms with Crippen molar-refractivity contribution in [3.8, 4) is 5.75 Å². The average molecular weight is 324 g/mol. The van der Waals surface area contributed by atoms with E-state index in [1.807, 2.05) is 31.2 Å². The molecule has 0 spiro atoms. The van der Waals surface area contributed by atoms with Crippen molar-refractivity contribution >= 4 is 9.84 Å². The topological polar surface area (TPSA) is 87.0 Å². The fourth-order valence-corrected chi connectivity index (χ4v) is 2.50. The summed E-state index contributed by atoms with van der Waals surface area (Å²) in [6, 6.07) is 7.84. The molecular weight excluding hydrogens is 304 g/mol. The van der Waals surface area contributed by atoms with Gasteiger partial charge in [0.05, 0.1) is 19.4 Å². The minimum Gasteiger partial charge on any atom is -0.497 e. The Morgan fingerprint density at radius 3 is 2.55 bits per heavy atom. The Labute approximate surface area is 130 Å². The lowest BCUT2D eigenvalue weighted by molar-refractivity contribution is 0.414. The summed E-state index contributed by atoms with van der Waals surface area (Å²) in [5, 5.41) is 12.2. The van der Waals surface area contributed by atoms with Gasteiger partial charge in [0.2, 0.25) is 0 Å². The quantitative estimate of drug-likeness (QED) is 0.757. The molecule has 120 valence electrons. The van der Waals surface area contributed by atoms with Gasteiger partial charge in [-0.1, -0.05) is 19.1 Å². The summed E-state index contributed by atoms with van der Waals surface area (Å²) in [7, 11) is -1.39. The van der Waals surface area contributed by atoms with Crippen LogP contribution >= 0.6 is 0 Å². The van der Waals surface area contributed by atoms with E-state index in [2.05, 4.69) is 15.4 Å². The number of benzene rings is 1. The highest BCUT2D eigenvalue weighted by molar-refractivity contribution is 7.90. The van der Waals surface area contributed by atoms with Crippen molar-refractivity contribution in [1.29, 1.82) is 0 Å². The van der Waals surface area contributed by atoms with Crippen LogP contribution in [0.4, 0.5) is 0 Å². The predicted octanol–water partition coefficient (Wildman–Crippen LogP) is 1.07. The number of hydrogen-bond donors (Lipinski definition) is 0. The third-order valence-corrected chi connectivity index (χ3v) is 4.20. The van der Waals surface area contributed by atoms with Gasteiger partial charge in [-0.3, -0.25) is 0 Å². The zero-order valence-electron chi connectivity index (χ0n) is 12.9. The number of sulfone groups is 1. The van der Waals surface area contributed by atoms with Crippen molar-refractivity contribution in [3.05, 3.63) is 35.7 Å². The van der Waals surface area contributed by atoms with E-state index in [-0.39, 0.29) is 18.2 Å². The van der Waals surface area contributed by atoms with E-state index in [4.69, 9.17) is 4.74 Å². The normalized spacial score (nSPS) is 13.0. The number of ether oxygens (including phenoxy) is 1. The molecule has 0 bridgehead atoms. The lowest BCUT2D eigenvalue weighted by atomic mass is 10.0. The molecule has 0 aliphatic rings. The molecule has 8 heteroatoms. The van der Waals surface area contributed by atoms with Crippen molar-refractivity contribution < 1.29 is 13.2 Å². The fourth-order valence-electron chi connectivity index (χ4n) is 2.00. The van der Waals surface area contributed by atoms with Crippen LogP contribution in [0, 0.1) is 0 Å². The summed E-state index contributed by atoms with van der Waals surface area (Å²) in [6.45, 7) is 2.24. The lowest BCUT2D eigenvalue weighted by Gasteiger charge is -2.07. The second-order valence-corrected chi connectivity index (χ2v) is 7.59. The van der Waals surface area contributed by atoms with Crippen molar-refractivity contribution in [2.45, 2.75) is 25.8 Å². The molecule has 2 aromatic rings. The molecule has 1 atom stereocenters. The summed E-state index contributed by atoms with van der Waals surface area (Å²) in [5.74, 6) is 1.54. The summed E-state index contributed by atoms with van der Waals surface area (Å²) >= 11 is 0. The molecule has 0 fully saturated rings. The van der Waals surface area contributed by atoms with Gasteiger partial charge < -0.3 is 4.74 Å². The van der Waals surface area contributed by atoms with E-state index in [0.29, 0.717) is 5.82 Å². The van der Waals surface area contributed by atoms with Crippen LogP contribution < -0.4 is 4.74 Å². The first kappa shape index (κ1) is 16.4. The summed E-state index contributed by atoms with van der Waals surface area (Å²) in [4.78, 5) is 1.33. The largest absolute Gasteiger partial charge is 0.497 e. The molecule has 0 N–H and O–H groups in total. The van der Waals surface area contributed by atoms with E-state index >= 15 is 0 Å². The number of tetrazole rings is 1.